The van der Waals surface area contributed by atoms with Crippen molar-refractivity contribution >= 4 is 21.7 Å². The maximum absolute atomic E-state index is 4.81. The van der Waals surface area contributed by atoms with E-state index in [1.54, 1.807) is 0 Å². The van der Waals surface area contributed by atoms with Crippen LogP contribution in [0, 0.1) is 17.8 Å². The molecule has 3 nitrogen and oxygen atoms in total. The predicted octanol–water partition coefficient (Wildman–Crippen LogP) is 3.75. The van der Waals surface area contributed by atoms with Gasteiger partial charge in [-0.3, -0.25) is 0 Å². The Morgan fingerprint density at radius 3 is 2.26 bits per heavy atom. The first-order valence-corrected chi connectivity index (χ1v) is 8.18. The highest BCUT2D eigenvalue weighted by atomic mass is 79.9. The Hall–Kier alpha value is -0.640. The van der Waals surface area contributed by atoms with E-state index < -0.39 is 0 Å². The smallest absolute Gasteiger partial charge is 0.143 e. The molecule has 4 heteroatoms. The fourth-order valence-electron chi connectivity index (χ4n) is 5.18. The molecular weight excluding hydrogens is 302 g/mol. The van der Waals surface area contributed by atoms with Crippen molar-refractivity contribution in [3.05, 3.63) is 16.5 Å². The monoisotopic (exact) mass is 321 g/mol. The molecule has 4 saturated carbocycles. The van der Waals surface area contributed by atoms with Crippen LogP contribution in [0.1, 0.15) is 44.3 Å². The van der Waals surface area contributed by atoms with Crippen molar-refractivity contribution in [3.8, 4) is 0 Å². The number of rotatable bonds is 2. The average Bonchev–Trinajstić information content (AvgIpc) is 2.37. The summed E-state index contributed by atoms with van der Waals surface area (Å²) in [6, 6.07) is 0. The molecule has 1 heterocycles. The standard InChI is InChI=1S/C15H20BrN3/c1-17-13-12(16)8-18-14(19-13)15-5-9-2-10(6-15)4-11(3-9)7-15/h8-11H,2-7H2,1H3,(H,17,18,19). The molecule has 1 aromatic heterocycles. The minimum absolute atomic E-state index is 0.293. The molecule has 1 N–H and O–H groups in total. The minimum atomic E-state index is 0.293. The van der Waals surface area contributed by atoms with Crippen LogP contribution < -0.4 is 5.32 Å². The fourth-order valence-corrected chi connectivity index (χ4v) is 5.57. The van der Waals surface area contributed by atoms with Crippen molar-refractivity contribution in [2.75, 3.05) is 12.4 Å². The van der Waals surface area contributed by atoms with E-state index >= 15 is 0 Å². The Bertz CT molecular complexity index is 479. The Labute approximate surface area is 122 Å². The van der Waals surface area contributed by atoms with Crippen LogP contribution in [0.5, 0.6) is 0 Å². The Balaban J connectivity index is 1.75. The topological polar surface area (TPSA) is 37.8 Å². The molecule has 4 bridgehead atoms. The van der Waals surface area contributed by atoms with Crippen molar-refractivity contribution in [1.82, 2.24) is 9.97 Å². The van der Waals surface area contributed by atoms with Gasteiger partial charge in [0, 0.05) is 18.7 Å². The van der Waals surface area contributed by atoms with E-state index in [0.717, 1.165) is 33.9 Å². The maximum atomic E-state index is 4.81. The van der Waals surface area contributed by atoms with Crippen molar-refractivity contribution in [2.24, 2.45) is 17.8 Å². The summed E-state index contributed by atoms with van der Waals surface area (Å²) in [6.45, 7) is 0. The Morgan fingerprint density at radius 1 is 1.16 bits per heavy atom. The summed E-state index contributed by atoms with van der Waals surface area (Å²) in [5, 5.41) is 3.17. The second kappa shape index (κ2) is 4.18. The molecule has 102 valence electrons. The van der Waals surface area contributed by atoms with Crippen LogP contribution in [0.2, 0.25) is 0 Å². The van der Waals surface area contributed by atoms with E-state index in [9.17, 15) is 0 Å². The summed E-state index contributed by atoms with van der Waals surface area (Å²) in [7, 11) is 1.93. The van der Waals surface area contributed by atoms with Gasteiger partial charge in [-0.15, -0.1) is 0 Å². The maximum Gasteiger partial charge on any atom is 0.143 e. The second-order valence-electron chi connectivity index (χ2n) is 6.84. The van der Waals surface area contributed by atoms with Crippen LogP contribution in [-0.4, -0.2) is 17.0 Å². The zero-order valence-electron chi connectivity index (χ0n) is 11.3. The van der Waals surface area contributed by atoms with Gasteiger partial charge >= 0.3 is 0 Å². The highest BCUT2D eigenvalue weighted by molar-refractivity contribution is 9.10. The molecule has 4 aliphatic rings. The highest BCUT2D eigenvalue weighted by Crippen LogP contribution is 2.60. The van der Waals surface area contributed by atoms with Crippen molar-refractivity contribution in [2.45, 2.75) is 43.9 Å². The molecule has 0 unspecified atom stereocenters. The van der Waals surface area contributed by atoms with Gasteiger partial charge in [0.25, 0.3) is 0 Å². The third kappa shape index (κ3) is 1.83. The SMILES string of the molecule is CNc1nc(C23CC4CC(CC(C4)C2)C3)ncc1Br. The van der Waals surface area contributed by atoms with Gasteiger partial charge in [0.2, 0.25) is 0 Å². The van der Waals surface area contributed by atoms with Gasteiger partial charge < -0.3 is 5.32 Å². The number of nitrogens with one attached hydrogen (secondary N) is 1. The number of hydrogen-bond acceptors (Lipinski definition) is 3. The highest BCUT2D eigenvalue weighted by Gasteiger charge is 2.53. The summed E-state index contributed by atoms with van der Waals surface area (Å²) in [5.41, 5.74) is 0.293. The summed E-state index contributed by atoms with van der Waals surface area (Å²) in [5.74, 6) is 4.85. The minimum Gasteiger partial charge on any atom is -0.372 e. The largest absolute Gasteiger partial charge is 0.372 e. The van der Waals surface area contributed by atoms with Gasteiger partial charge in [-0.2, -0.15) is 0 Å². The summed E-state index contributed by atoms with van der Waals surface area (Å²) >= 11 is 3.51. The molecule has 0 radical (unpaired) electrons. The molecule has 1 aromatic rings. The van der Waals surface area contributed by atoms with Crippen LogP contribution in [0.3, 0.4) is 0 Å². The third-order valence-corrected chi connectivity index (χ3v) is 6.07. The van der Waals surface area contributed by atoms with E-state index in [0.29, 0.717) is 5.41 Å². The van der Waals surface area contributed by atoms with Crippen molar-refractivity contribution < 1.29 is 0 Å². The number of hydrogen-bond donors (Lipinski definition) is 1. The van der Waals surface area contributed by atoms with E-state index in [-0.39, 0.29) is 0 Å². The van der Waals surface area contributed by atoms with E-state index in [4.69, 9.17) is 4.98 Å². The van der Waals surface area contributed by atoms with Gasteiger partial charge in [0.05, 0.1) is 4.47 Å². The molecule has 0 atom stereocenters. The van der Waals surface area contributed by atoms with Gasteiger partial charge in [-0.05, 0) is 72.2 Å². The lowest BCUT2D eigenvalue weighted by Crippen LogP contribution is -2.49. The summed E-state index contributed by atoms with van der Waals surface area (Å²) < 4.78 is 0.962. The molecule has 4 fully saturated rings. The molecule has 0 amide bonds. The molecule has 4 aliphatic carbocycles. The normalized spacial score (nSPS) is 39.6. The molecule has 0 spiro atoms. The van der Waals surface area contributed by atoms with Gasteiger partial charge in [-0.25, -0.2) is 9.97 Å². The molecule has 0 saturated heterocycles. The lowest BCUT2D eigenvalue weighted by Gasteiger charge is -2.56. The molecule has 0 aliphatic heterocycles. The quantitative estimate of drug-likeness (QED) is 0.901. The lowest BCUT2D eigenvalue weighted by atomic mass is 9.49. The molecule has 5 rings (SSSR count). The number of aromatic nitrogens is 2. The average molecular weight is 322 g/mol. The molecular formula is C15H20BrN3. The third-order valence-electron chi connectivity index (χ3n) is 5.49. The fraction of sp³-hybridized carbons (Fsp3) is 0.733. The van der Waals surface area contributed by atoms with Crippen LogP contribution in [0.15, 0.2) is 10.7 Å². The predicted molar refractivity (Wildman–Crippen MR) is 79.1 cm³/mol. The van der Waals surface area contributed by atoms with Crippen LogP contribution >= 0.6 is 15.9 Å². The second-order valence-corrected chi connectivity index (χ2v) is 7.69. The van der Waals surface area contributed by atoms with Crippen molar-refractivity contribution in [3.63, 3.8) is 0 Å². The van der Waals surface area contributed by atoms with E-state index in [2.05, 4.69) is 26.2 Å². The summed E-state index contributed by atoms with van der Waals surface area (Å²) in [4.78, 5) is 9.49. The first-order valence-electron chi connectivity index (χ1n) is 7.39. The Kier molecular flexibility index (Phi) is 2.66. The van der Waals surface area contributed by atoms with Gasteiger partial charge in [0.15, 0.2) is 0 Å². The van der Waals surface area contributed by atoms with Crippen LogP contribution in [0.4, 0.5) is 5.82 Å². The number of nitrogens with zero attached hydrogens (tertiary/aromatic N) is 2. The summed E-state index contributed by atoms with van der Waals surface area (Å²) in [6.07, 6.45) is 10.3. The van der Waals surface area contributed by atoms with E-state index in [1.807, 2.05) is 13.2 Å². The van der Waals surface area contributed by atoms with Gasteiger partial charge in [-0.1, -0.05) is 0 Å². The van der Waals surface area contributed by atoms with E-state index in [1.165, 1.54) is 38.5 Å². The van der Waals surface area contributed by atoms with Crippen molar-refractivity contribution in [1.29, 1.82) is 0 Å². The Morgan fingerprint density at radius 2 is 1.74 bits per heavy atom. The number of halogens is 1. The van der Waals surface area contributed by atoms with Crippen LogP contribution in [0.25, 0.3) is 0 Å². The molecule has 19 heavy (non-hydrogen) atoms. The number of anilines is 1. The zero-order chi connectivity index (χ0) is 13.0. The first-order chi connectivity index (χ1) is 9.18. The first kappa shape index (κ1) is 12.1. The van der Waals surface area contributed by atoms with Crippen LogP contribution in [-0.2, 0) is 5.41 Å². The molecule has 0 aromatic carbocycles. The zero-order valence-corrected chi connectivity index (χ0v) is 12.9. The van der Waals surface area contributed by atoms with Gasteiger partial charge in [0.1, 0.15) is 11.6 Å². The lowest BCUT2D eigenvalue weighted by molar-refractivity contribution is -0.00935.